The molecule has 1 aromatic heterocycles. The molecule has 0 unspecified atom stereocenters. The average Bonchev–Trinajstić information content (AvgIpc) is 2.88. The van der Waals surface area contributed by atoms with Crippen molar-refractivity contribution in [1.82, 2.24) is 19.8 Å². The lowest BCUT2D eigenvalue weighted by atomic mass is 10.3. The van der Waals surface area contributed by atoms with Crippen LogP contribution in [0.15, 0.2) is 18.7 Å². The Morgan fingerprint density at radius 3 is 3.22 bits per heavy atom. The fourth-order valence-electron chi connectivity index (χ4n) is 2.01. The van der Waals surface area contributed by atoms with E-state index in [0.717, 1.165) is 13.0 Å². The standard InChI is InChI=1S/C12H20N4O2/c1-11-9-18-8-7-16(11)12(17)14-3-2-5-15-6-4-13-10-15/h4,6,10-11H,2-3,5,7-9H2,1H3,(H,14,17)/t11-/m0/s1. The summed E-state index contributed by atoms with van der Waals surface area (Å²) in [5.41, 5.74) is 0. The molecule has 1 saturated heterocycles. The van der Waals surface area contributed by atoms with Crippen LogP contribution in [-0.4, -0.2) is 52.8 Å². The normalized spacial score (nSPS) is 19.8. The molecule has 100 valence electrons. The third kappa shape index (κ3) is 3.46. The molecule has 18 heavy (non-hydrogen) atoms. The van der Waals surface area contributed by atoms with Gasteiger partial charge in [-0.15, -0.1) is 0 Å². The summed E-state index contributed by atoms with van der Waals surface area (Å²) in [6, 6.07) is 0.170. The Hall–Kier alpha value is -1.56. The Balaban J connectivity index is 1.65. The number of ether oxygens (including phenoxy) is 1. The van der Waals surface area contributed by atoms with E-state index in [2.05, 4.69) is 10.3 Å². The number of rotatable bonds is 4. The van der Waals surface area contributed by atoms with Crippen LogP contribution in [0.5, 0.6) is 0 Å². The number of amides is 2. The summed E-state index contributed by atoms with van der Waals surface area (Å²) < 4.78 is 7.31. The molecule has 0 aliphatic carbocycles. The van der Waals surface area contributed by atoms with Gasteiger partial charge in [0.05, 0.1) is 25.6 Å². The van der Waals surface area contributed by atoms with Crippen LogP contribution >= 0.6 is 0 Å². The van der Waals surface area contributed by atoms with Crippen molar-refractivity contribution in [3.05, 3.63) is 18.7 Å². The van der Waals surface area contributed by atoms with E-state index in [1.54, 1.807) is 12.5 Å². The Morgan fingerprint density at radius 2 is 2.50 bits per heavy atom. The van der Waals surface area contributed by atoms with Crippen LogP contribution in [0.4, 0.5) is 4.79 Å². The molecule has 6 heteroatoms. The Kier molecular flexibility index (Phi) is 4.58. The van der Waals surface area contributed by atoms with Gasteiger partial charge in [0.25, 0.3) is 0 Å². The van der Waals surface area contributed by atoms with E-state index in [-0.39, 0.29) is 12.1 Å². The molecule has 0 aromatic carbocycles. The smallest absolute Gasteiger partial charge is 0.317 e. The number of aryl methyl sites for hydroxylation is 1. The summed E-state index contributed by atoms with van der Waals surface area (Å²) >= 11 is 0. The van der Waals surface area contributed by atoms with Gasteiger partial charge in [0.2, 0.25) is 0 Å². The van der Waals surface area contributed by atoms with Crippen molar-refractivity contribution in [2.24, 2.45) is 0 Å². The first kappa shape index (κ1) is 12.9. The van der Waals surface area contributed by atoms with Crippen molar-refractivity contribution in [2.75, 3.05) is 26.3 Å². The zero-order valence-electron chi connectivity index (χ0n) is 10.7. The van der Waals surface area contributed by atoms with Crippen molar-refractivity contribution >= 4 is 6.03 Å². The molecule has 0 spiro atoms. The minimum atomic E-state index is 0.0106. The topological polar surface area (TPSA) is 59.4 Å². The molecule has 1 fully saturated rings. The Labute approximate surface area is 107 Å². The maximum Gasteiger partial charge on any atom is 0.317 e. The van der Waals surface area contributed by atoms with E-state index >= 15 is 0 Å². The third-order valence-electron chi connectivity index (χ3n) is 3.06. The lowest BCUT2D eigenvalue weighted by Gasteiger charge is -2.33. The molecule has 0 saturated carbocycles. The van der Waals surface area contributed by atoms with Crippen LogP contribution in [0.3, 0.4) is 0 Å². The van der Waals surface area contributed by atoms with Crippen LogP contribution in [0.25, 0.3) is 0 Å². The van der Waals surface area contributed by atoms with E-state index in [9.17, 15) is 4.79 Å². The number of imidazole rings is 1. The van der Waals surface area contributed by atoms with Gasteiger partial charge in [0.15, 0.2) is 0 Å². The van der Waals surface area contributed by atoms with Crippen LogP contribution in [0.2, 0.25) is 0 Å². The molecule has 1 N–H and O–H groups in total. The zero-order chi connectivity index (χ0) is 12.8. The average molecular weight is 252 g/mol. The van der Waals surface area contributed by atoms with Crippen molar-refractivity contribution in [2.45, 2.75) is 25.9 Å². The first-order chi connectivity index (χ1) is 8.77. The minimum absolute atomic E-state index is 0.0106. The van der Waals surface area contributed by atoms with Gasteiger partial charge in [-0.3, -0.25) is 0 Å². The summed E-state index contributed by atoms with van der Waals surface area (Å²) in [6.45, 7) is 5.49. The summed E-state index contributed by atoms with van der Waals surface area (Å²) in [5.74, 6) is 0. The highest BCUT2D eigenvalue weighted by Crippen LogP contribution is 2.05. The zero-order valence-corrected chi connectivity index (χ0v) is 10.7. The number of carbonyl (C=O) groups is 1. The van der Waals surface area contributed by atoms with Crippen molar-refractivity contribution in [3.8, 4) is 0 Å². The highest BCUT2D eigenvalue weighted by molar-refractivity contribution is 5.74. The second-order valence-corrected chi connectivity index (χ2v) is 4.50. The van der Waals surface area contributed by atoms with Gasteiger partial charge in [-0.05, 0) is 13.3 Å². The van der Waals surface area contributed by atoms with E-state index < -0.39 is 0 Å². The Morgan fingerprint density at radius 1 is 1.61 bits per heavy atom. The number of carbonyl (C=O) groups excluding carboxylic acids is 1. The second-order valence-electron chi connectivity index (χ2n) is 4.50. The van der Waals surface area contributed by atoms with Gasteiger partial charge >= 0.3 is 6.03 Å². The van der Waals surface area contributed by atoms with E-state index in [1.165, 1.54) is 0 Å². The number of hydrogen-bond donors (Lipinski definition) is 1. The molecule has 1 aliphatic heterocycles. The van der Waals surface area contributed by atoms with Gasteiger partial charge in [-0.2, -0.15) is 0 Å². The number of nitrogens with one attached hydrogen (secondary N) is 1. The highest BCUT2D eigenvalue weighted by atomic mass is 16.5. The van der Waals surface area contributed by atoms with Crippen molar-refractivity contribution in [3.63, 3.8) is 0 Å². The monoisotopic (exact) mass is 252 g/mol. The van der Waals surface area contributed by atoms with Crippen LogP contribution in [-0.2, 0) is 11.3 Å². The molecular weight excluding hydrogens is 232 g/mol. The third-order valence-corrected chi connectivity index (χ3v) is 3.06. The SMILES string of the molecule is C[C@H]1COCCN1C(=O)NCCCn1ccnc1. The van der Waals surface area contributed by atoms with E-state index in [1.807, 2.05) is 22.6 Å². The van der Waals surface area contributed by atoms with E-state index in [4.69, 9.17) is 4.74 Å². The first-order valence-electron chi connectivity index (χ1n) is 6.35. The molecule has 2 amide bonds. The molecule has 1 aliphatic rings. The number of morpholine rings is 1. The lowest BCUT2D eigenvalue weighted by Crippen LogP contribution is -2.51. The molecule has 2 rings (SSSR count). The number of urea groups is 1. The van der Waals surface area contributed by atoms with Crippen LogP contribution in [0, 0.1) is 0 Å². The Bertz CT molecular complexity index is 366. The quantitative estimate of drug-likeness (QED) is 0.803. The molecule has 6 nitrogen and oxygen atoms in total. The fraction of sp³-hybridized carbons (Fsp3) is 0.667. The fourth-order valence-corrected chi connectivity index (χ4v) is 2.01. The maximum atomic E-state index is 11.9. The number of aromatic nitrogens is 2. The van der Waals surface area contributed by atoms with Gasteiger partial charge < -0.3 is 19.5 Å². The molecule has 1 atom stereocenters. The summed E-state index contributed by atoms with van der Waals surface area (Å²) in [7, 11) is 0. The maximum absolute atomic E-state index is 11.9. The van der Waals surface area contributed by atoms with Crippen molar-refractivity contribution < 1.29 is 9.53 Å². The summed E-state index contributed by atoms with van der Waals surface area (Å²) in [6.07, 6.45) is 6.37. The molecule has 0 radical (unpaired) electrons. The second kappa shape index (κ2) is 6.39. The largest absolute Gasteiger partial charge is 0.377 e. The number of hydrogen-bond acceptors (Lipinski definition) is 3. The molecule has 0 bridgehead atoms. The lowest BCUT2D eigenvalue weighted by molar-refractivity contribution is 0.0190. The first-order valence-corrected chi connectivity index (χ1v) is 6.35. The van der Waals surface area contributed by atoms with Gasteiger partial charge in [-0.1, -0.05) is 0 Å². The predicted molar refractivity (Wildman–Crippen MR) is 67.2 cm³/mol. The number of nitrogens with zero attached hydrogens (tertiary/aromatic N) is 3. The molecule has 1 aromatic rings. The van der Waals surface area contributed by atoms with E-state index in [0.29, 0.717) is 26.3 Å². The van der Waals surface area contributed by atoms with Crippen LogP contribution < -0.4 is 5.32 Å². The summed E-state index contributed by atoms with van der Waals surface area (Å²) in [5, 5.41) is 2.94. The molecule has 2 heterocycles. The van der Waals surface area contributed by atoms with Crippen molar-refractivity contribution in [1.29, 1.82) is 0 Å². The van der Waals surface area contributed by atoms with Gasteiger partial charge in [0, 0.05) is 32.0 Å². The predicted octanol–water partition coefficient (Wildman–Crippen LogP) is 0.703. The summed E-state index contributed by atoms with van der Waals surface area (Å²) in [4.78, 5) is 17.7. The minimum Gasteiger partial charge on any atom is -0.377 e. The highest BCUT2D eigenvalue weighted by Gasteiger charge is 2.22. The van der Waals surface area contributed by atoms with Gasteiger partial charge in [-0.25, -0.2) is 9.78 Å². The van der Waals surface area contributed by atoms with Crippen LogP contribution in [0.1, 0.15) is 13.3 Å². The van der Waals surface area contributed by atoms with Gasteiger partial charge in [0.1, 0.15) is 0 Å². The molecular formula is C12H20N4O2.